The van der Waals surface area contributed by atoms with E-state index in [2.05, 4.69) is 4.90 Å². The summed E-state index contributed by atoms with van der Waals surface area (Å²) in [6, 6.07) is 6.66. The molecule has 1 atom stereocenters. The Balaban J connectivity index is 1.72. The van der Waals surface area contributed by atoms with Crippen LogP contribution < -0.4 is 0 Å². The van der Waals surface area contributed by atoms with Gasteiger partial charge in [0.1, 0.15) is 5.82 Å². The minimum Gasteiger partial charge on any atom is -0.395 e. The molecule has 2 heterocycles. The van der Waals surface area contributed by atoms with Crippen LogP contribution in [-0.4, -0.2) is 53.6 Å². The van der Waals surface area contributed by atoms with Crippen LogP contribution in [0, 0.1) is 11.2 Å². The van der Waals surface area contributed by atoms with Gasteiger partial charge < -0.3 is 10.0 Å². The number of hydrogen-bond acceptors (Lipinski definition) is 3. The maximum atomic E-state index is 13.8. The van der Waals surface area contributed by atoms with Crippen molar-refractivity contribution in [3.63, 3.8) is 0 Å². The number of likely N-dealkylation sites (tertiary alicyclic amines) is 2. The lowest BCUT2D eigenvalue weighted by atomic mass is 9.78. The highest BCUT2D eigenvalue weighted by molar-refractivity contribution is 5.84. The lowest BCUT2D eigenvalue weighted by Crippen LogP contribution is -2.49. The summed E-state index contributed by atoms with van der Waals surface area (Å²) in [6.45, 7) is 3.40. The maximum Gasteiger partial charge on any atom is 0.230 e. The largest absolute Gasteiger partial charge is 0.395 e. The van der Waals surface area contributed by atoms with Crippen LogP contribution in [0.1, 0.15) is 24.8 Å². The molecule has 0 bridgehead atoms. The number of nitrogens with zero attached hydrogens (tertiary/aromatic N) is 2. The molecular weight excluding hydrogens is 283 g/mol. The van der Waals surface area contributed by atoms with Gasteiger partial charge in [0.05, 0.1) is 12.0 Å². The predicted molar refractivity (Wildman–Crippen MR) is 81.6 cm³/mol. The minimum atomic E-state index is -0.321. The maximum absolute atomic E-state index is 13.8. The van der Waals surface area contributed by atoms with Crippen LogP contribution in [0.15, 0.2) is 24.3 Å². The van der Waals surface area contributed by atoms with Gasteiger partial charge in [-0.3, -0.25) is 9.69 Å². The zero-order chi connectivity index (χ0) is 15.6. The van der Waals surface area contributed by atoms with Gasteiger partial charge in [-0.15, -0.1) is 0 Å². The summed E-state index contributed by atoms with van der Waals surface area (Å²) >= 11 is 0. The molecule has 0 saturated carbocycles. The van der Waals surface area contributed by atoms with E-state index in [-0.39, 0.29) is 23.7 Å². The standard InChI is InChI=1S/C17H23FN2O2/c18-15-5-2-1-4-14(15)12-20-8-3-6-17(16(20)22)7-9-19(13-17)10-11-21/h1-2,4-5,21H,3,6-13H2/t17-/m0/s1. The minimum absolute atomic E-state index is 0.128. The first kappa shape index (κ1) is 15.4. The third-order valence-corrected chi connectivity index (χ3v) is 4.99. The Kier molecular flexibility index (Phi) is 4.45. The molecular formula is C17H23FN2O2. The Morgan fingerprint density at radius 3 is 2.82 bits per heavy atom. The number of benzene rings is 1. The highest BCUT2D eigenvalue weighted by atomic mass is 19.1. The van der Waals surface area contributed by atoms with E-state index in [1.54, 1.807) is 18.2 Å². The quantitative estimate of drug-likeness (QED) is 0.919. The van der Waals surface area contributed by atoms with Gasteiger partial charge in [-0.05, 0) is 31.9 Å². The van der Waals surface area contributed by atoms with Crippen LogP contribution in [0.5, 0.6) is 0 Å². The molecule has 120 valence electrons. The molecule has 2 saturated heterocycles. The Morgan fingerprint density at radius 1 is 1.23 bits per heavy atom. The van der Waals surface area contributed by atoms with Crippen molar-refractivity contribution in [2.75, 3.05) is 32.8 Å². The number of aliphatic hydroxyl groups is 1. The van der Waals surface area contributed by atoms with Gasteiger partial charge in [-0.25, -0.2) is 4.39 Å². The van der Waals surface area contributed by atoms with Crippen molar-refractivity contribution < 1.29 is 14.3 Å². The summed E-state index contributed by atoms with van der Waals surface area (Å²) in [7, 11) is 0. The van der Waals surface area contributed by atoms with E-state index in [0.29, 0.717) is 25.2 Å². The third-order valence-electron chi connectivity index (χ3n) is 4.99. The second kappa shape index (κ2) is 6.34. The normalized spacial score (nSPS) is 26.1. The van der Waals surface area contributed by atoms with E-state index < -0.39 is 0 Å². The third kappa shape index (κ3) is 2.88. The number of aliphatic hydroxyl groups excluding tert-OH is 1. The van der Waals surface area contributed by atoms with Gasteiger partial charge in [0.15, 0.2) is 0 Å². The van der Waals surface area contributed by atoms with Gasteiger partial charge in [-0.1, -0.05) is 18.2 Å². The van der Waals surface area contributed by atoms with Gasteiger partial charge in [-0.2, -0.15) is 0 Å². The Morgan fingerprint density at radius 2 is 2.05 bits per heavy atom. The highest BCUT2D eigenvalue weighted by Crippen LogP contribution is 2.40. The molecule has 4 nitrogen and oxygen atoms in total. The molecule has 2 aliphatic rings. The predicted octanol–water partition coefficient (Wildman–Crippen LogP) is 1.63. The average Bonchev–Trinajstić information content (AvgIpc) is 2.91. The second-order valence-electron chi connectivity index (χ2n) is 6.45. The zero-order valence-corrected chi connectivity index (χ0v) is 12.8. The Hall–Kier alpha value is -1.46. The molecule has 3 rings (SSSR count). The Bertz CT molecular complexity index is 551. The molecule has 0 aromatic heterocycles. The molecule has 1 aromatic rings. The van der Waals surface area contributed by atoms with Crippen molar-refractivity contribution in [2.45, 2.75) is 25.8 Å². The van der Waals surface area contributed by atoms with Gasteiger partial charge in [0.2, 0.25) is 5.91 Å². The fourth-order valence-electron chi connectivity index (χ4n) is 3.80. The average molecular weight is 306 g/mol. The smallest absolute Gasteiger partial charge is 0.230 e. The van der Waals surface area contributed by atoms with Gasteiger partial charge in [0.25, 0.3) is 0 Å². The van der Waals surface area contributed by atoms with Crippen LogP contribution in [0.4, 0.5) is 4.39 Å². The second-order valence-corrected chi connectivity index (χ2v) is 6.45. The van der Waals surface area contributed by atoms with Crippen LogP contribution in [-0.2, 0) is 11.3 Å². The monoisotopic (exact) mass is 306 g/mol. The van der Waals surface area contributed by atoms with Crippen LogP contribution in [0.3, 0.4) is 0 Å². The summed E-state index contributed by atoms with van der Waals surface area (Å²) < 4.78 is 13.8. The zero-order valence-electron chi connectivity index (χ0n) is 12.8. The number of amides is 1. The lowest BCUT2D eigenvalue weighted by molar-refractivity contribution is -0.146. The van der Waals surface area contributed by atoms with Crippen molar-refractivity contribution in [1.82, 2.24) is 9.80 Å². The van der Waals surface area contributed by atoms with E-state index in [1.165, 1.54) is 6.07 Å². The molecule has 2 aliphatic heterocycles. The summed E-state index contributed by atoms with van der Waals surface area (Å²) in [6.07, 6.45) is 2.72. The number of β-amino-alcohol motifs (C(OH)–C–C–N with tert-alkyl or cyclic N) is 1. The van der Waals surface area contributed by atoms with E-state index in [4.69, 9.17) is 5.11 Å². The van der Waals surface area contributed by atoms with Crippen LogP contribution in [0.25, 0.3) is 0 Å². The van der Waals surface area contributed by atoms with Crippen molar-refractivity contribution in [1.29, 1.82) is 0 Å². The van der Waals surface area contributed by atoms with Gasteiger partial charge >= 0.3 is 0 Å². The molecule has 5 heteroatoms. The summed E-state index contributed by atoms with van der Waals surface area (Å²) in [4.78, 5) is 16.9. The molecule has 0 aliphatic carbocycles. The fourth-order valence-corrected chi connectivity index (χ4v) is 3.80. The first-order valence-corrected chi connectivity index (χ1v) is 8.01. The number of carbonyl (C=O) groups is 1. The van der Waals surface area contributed by atoms with Crippen LogP contribution >= 0.6 is 0 Å². The molecule has 2 fully saturated rings. The van der Waals surface area contributed by atoms with Crippen molar-refractivity contribution in [3.05, 3.63) is 35.6 Å². The number of halogens is 1. The summed E-state index contributed by atoms with van der Waals surface area (Å²) in [5.74, 6) is -0.0919. The van der Waals surface area contributed by atoms with Crippen LogP contribution in [0.2, 0.25) is 0 Å². The molecule has 1 N–H and O–H groups in total. The topological polar surface area (TPSA) is 43.8 Å². The molecule has 1 aromatic carbocycles. The van der Waals surface area contributed by atoms with Gasteiger partial charge in [0, 0.05) is 31.7 Å². The number of carbonyl (C=O) groups excluding carboxylic acids is 1. The molecule has 22 heavy (non-hydrogen) atoms. The fraction of sp³-hybridized carbons (Fsp3) is 0.588. The van der Waals surface area contributed by atoms with E-state index >= 15 is 0 Å². The Labute approximate surface area is 130 Å². The first-order chi connectivity index (χ1) is 10.6. The SMILES string of the molecule is O=C1N(Cc2ccccc2F)CCC[C@@]12CCN(CCO)C2. The van der Waals surface area contributed by atoms with Crippen molar-refractivity contribution >= 4 is 5.91 Å². The number of piperidine rings is 1. The molecule has 0 unspecified atom stereocenters. The van der Waals surface area contributed by atoms with E-state index in [1.807, 2.05) is 4.90 Å². The first-order valence-electron chi connectivity index (χ1n) is 8.01. The highest BCUT2D eigenvalue weighted by Gasteiger charge is 2.48. The molecule has 1 amide bonds. The van der Waals surface area contributed by atoms with E-state index in [9.17, 15) is 9.18 Å². The summed E-state index contributed by atoms with van der Waals surface area (Å²) in [5, 5.41) is 9.08. The number of rotatable bonds is 4. The molecule has 0 radical (unpaired) electrons. The van der Waals surface area contributed by atoms with Crippen molar-refractivity contribution in [3.8, 4) is 0 Å². The lowest BCUT2D eigenvalue weighted by Gasteiger charge is -2.39. The van der Waals surface area contributed by atoms with E-state index in [0.717, 1.165) is 32.4 Å². The molecule has 1 spiro atoms. The summed E-state index contributed by atoms with van der Waals surface area (Å²) in [5.41, 5.74) is 0.261. The van der Waals surface area contributed by atoms with Crippen molar-refractivity contribution in [2.24, 2.45) is 5.41 Å². The number of hydrogen-bond donors (Lipinski definition) is 1.